The fourth-order valence-corrected chi connectivity index (χ4v) is 1.71. The van der Waals surface area contributed by atoms with Crippen LogP contribution in [0.4, 0.5) is 5.69 Å². The van der Waals surface area contributed by atoms with Gasteiger partial charge in [0, 0.05) is 40.1 Å². The van der Waals surface area contributed by atoms with Gasteiger partial charge in [-0.25, -0.2) is 0 Å². The number of anilines is 1. The van der Waals surface area contributed by atoms with Crippen molar-refractivity contribution in [3.63, 3.8) is 0 Å². The van der Waals surface area contributed by atoms with E-state index in [0.29, 0.717) is 23.0 Å². The van der Waals surface area contributed by atoms with E-state index in [1.807, 2.05) is 0 Å². The van der Waals surface area contributed by atoms with Crippen LogP contribution < -0.4 is 10.6 Å². The molecule has 0 radical (unpaired) electrons. The Morgan fingerprint density at radius 3 is 2.59 bits per heavy atom. The first-order valence-electron chi connectivity index (χ1n) is 5.14. The zero-order chi connectivity index (χ0) is 12.7. The molecule has 1 atom stereocenters. The van der Waals surface area contributed by atoms with Crippen LogP contribution in [0, 0.1) is 0 Å². The monoisotopic (exact) mass is 274 g/mol. The van der Waals surface area contributed by atoms with E-state index in [1.165, 1.54) is 0 Å². The Kier molecular flexibility index (Phi) is 6.18. The Hall–Kier alpha value is -0.910. The van der Waals surface area contributed by atoms with E-state index >= 15 is 0 Å². The fraction of sp³-hybridized carbons (Fsp3) is 0.364. The quantitative estimate of drug-likeness (QED) is 0.768. The van der Waals surface area contributed by atoms with Gasteiger partial charge in [0.2, 0.25) is 5.91 Å². The summed E-state index contributed by atoms with van der Waals surface area (Å²) in [5.74, 6) is 0.419. The number of hydrogen-bond donors (Lipinski definition) is 2. The van der Waals surface area contributed by atoms with Crippen LogP contribution in [0.15, 0.2) is 24.3 Å². The average molecular weight is 275 g/mol. The van der Waals surface area contributed by atoms with Crippen molar-refractivity contribution < 1.29 is 9.00 Å². The van der Waals surface area contributed by atoms with Gasteiger partial charge in [-0.2, -0.15) is 0 Å². The second-order valence-electron chi connectivity index (χ2n) is 3.51. The molecule has 1 unspecified atom stereocenters. The summed E-state index contributed by atoms with van der Waals surface area (Å²) in [7, 11) is -0.830. The van der Waals surface area contributed by atoms with E-state index in [0.717, 1.165) is 0 Å². The van der Waals surface area contributed by atoms with Gasteiger partial charge in [0.15, 0.2) is 0 Å². The highest BCUT2D eigenvalue weighted by molar-refractivity contribution is 7.84. The van der Waals surface area contributed by atoms with Crippen molar-refractivity contribution in [2.45, 2.75) is 0 Å². The standard InChI is InChI=1S/C11H15ClN2O2S/c1-17(16)7-6-13-8-11(15)14-10-4-2-9(12)3-5-10/h2-5,13H,6-8H2,1H3,(H,14,15). The third-order valence-electron chi connectivity index (χ3n) is 1.98. The molecule has 1 rings (SSSR count). The lowest BCUT2D eigenvalue weighted by Crippen LogP contribution is -2.30. The summed E-state index contributed by atoms with van der Waals surface area (Å²) >= 11 is 5.73. The first-order valence-corrected chi connectivity index (χ1v) is 7.24. The lowest BCUT2D eigenvalue weighted by molar-refractivity contribution is -0.115. The molecule has 0 aliphatic carbocycles. The van der Waals surface area contributed by atoms with Crippen molar-refractivity contribution in [1.82, 2.24) is 5.32 Å². The van der Waals surface area contributed by atoms with E-state index in [-0.39, 0.29) is 12.5 Å². The van der Waals surface area contributed by atoms with Crippen LogP contribution in [-0.2, 0) is 15.6 Å². The molecule has 17 heavy (non-hydrogen) atoms. The van der Waals surface area contributed by atoms with Crippen LogP contribution in [0.2, 0.25) is 5.02 Å². The Balaban J connectivity index is 2.25. The highest BCUT2D eigenvalue weighted by Gasteiger charge is 2.01. The zero-order valence-electron chi connectivity index (χ0n) is 9.53. The molecule has 1 aromatic rings. The predicted molar refractivity (Wildman–Crippen MR) is 71.9 cm³/mol. The summed E-state index contributed by atoms with van der Waals surface area (Å²) < 4.78 is 10.8. The van der Waals surface area contributed by atoms with E-state index < -0.39 is 10.8 Å². The molecule has 94 valence electrons. The van der Waals surface area contributed by atoms with Gasteiger partial charge in [-0.15, -0.1) is 0 Å². The van der Waals surface area contributed by atoms with Crippen LogP contribution in [-0.4, -0.2) is 35.2 Å². The topological polar surface area (TPSA) is 58.2 Å². The molecule has 0 bridgehead atoms. The van der Waals surface area contributed by atoms with Crippen LogP contribution >= 0.6 is 11.6 Å². The third kappa shape index (κ3) is 6.41. The number of amides is 1. The zero-order valence-corrected chi connectivity index (χ0v) is 11.1. The number of rotatable bonds is 6. The highest BCUT2D eigenvalue weighted by atomic mass is 35.5. The number of hydrogen-bond acceptors (Lipinski definition) is 3. The summed E-state index contributed by atoms with van der Waals surface area (Å²) in [6, 6.07) is 6.90. The Morgan fingerprint density at radius 1 is 1.35 bits per heavy atom. The molecule has 0 aliphatic heterocycles. The summed E-state index contributed by atoms with van der Waals surface area (Å²) in [5.41, 5.74) is 0.709. The molecule has 0 saturated carbocycles. The molecule has 0 saturated heterocycles. The van der Waals surface area contributed by atoms with Gasteiger partial charge in [-0.1, -0.05) is 11.6 Å². The van der Waals surface area contributed by atoms with Crippen LogP contribution in [0.1, 0.15) is 0 Å². The predicted octanol–water partition coefficient (Wildman–Crippen LogP) is 1.25. The lowest BCUT2D eigenvalue weighted by atomic mass is 10.3. The largest absolute Gasteiger partial charge is 0.325 e. The molecule has 0 aliphatic rings. The molecule has 0 aromatic heterocycles. The molecular weight excluding hydrogens is 260 g/mol. The Labute approximate surface area is 108 Å². The van der Waals surface area contributed by atoms with Gasteiger partial charge in [-0.05, 0) is 24.3 Å². The fourth-order valence-electron chi connectivity index (χ4n) is 1.16. The molecular formula is C11H15ClN2O2S. The van der Waals surface area contributed by atoms with E-state index in [2.05, 4.69) is 10.6 Å². The normalized spacial score (nSPS) is 12.1. The number of benzene rings is 1. The molecule has 0 heterocycles. The van der Waals surface area contributed by atoms with Crippen molar-refractivity contribution in [3.05, 3.63) is 29.3 Å². The maximum atomic E-state index is 11.5. The van der Waals surface area contributed by atoms with Gasteiger partial charge >= 0.3 is 0 Å². The minimum absolute atomic E-state index is 0.130. The SMILES string of the molecule is CS(=O)CCNCC(=O)Nc1ccc(Cl)cc1. The third-order valence-corrected chi connectivity index (χ3v) is 3.01. The summed E-state index contributed by atoms with van der Waals surface area (Å²) in [6.45, 7) is 0.775. The Bertz CT molecular complexity index is 395. The smallest absolute Gasteiger partial charge is 0.238 e. The van der Waals surface area contributed by atoms with Crippen LogP contribution in [0.5, 0.6) is 0 Å². The van der Waals surface area contributed by atoms with Gasteiger partial charge in [-0.3, -0.25) is 9.00 Å². The number of halogens is 1. The molecule has 4 nitrogen and oxygen atoms in total. The molecule has 1 amide bonds. The molecule has 2 N–H and O–H groups in total. The molecule has 0 fully saturated rings. The second kappa shape index (κ2) is 7.42. The Morgan fingerprint density at radius 2 is 2.00 bits per heavy atom. The molecule has 1 aromatic carbocycles. The van der Waals surface area contributed by atoms with Gasteiger partial charge in [0.05, 0.1) is 6.54 Å². The van der Waals surface area contributed by atoms with Crippen molar-refractivity contribution in [2.24, 2.45) is 0 Å². The van der Waals surface area contributed by atoms with Crippen LogP contribution in [0.3, 0.4) is 0 Å². The average Bonchev–Trinajstić information content (AvgIpc) is 2.27. The maximum absolute atomic E-state index is 11.5. The summed E-state index contributed by atoms with van der Waals surface area (Å²) in [6.07, 6.45) is 1.63. The second-order valence-corrected chi connectivity index (χ2v) is 5.50. The van der Waals surface area contributed by atoms with Crippen LogP contribution in [0.25, 0.3) is 0 Å². The first-order chi connectivity index (χ1) is 8.08. The number of carbonyl (C=O) groups excluding carboxylic acids is 1. The van der Waals surface area contributed by atoms with Crippen molar-refractivity contribution >= 4 is 34.0 Å². The minimum atomic E-state index is -0.830. The van der Waals surface area contributed by atoms with Gasteiger partial charge in [0.25, 0.3) is 0 Å². The van der Waals surface area contributed by atoms with Crippen molar-refractivity contribution in [3.8, 4) is 0 Å². The highest BCUT2D eigenvalue weighted by Crippen LogP contribution is 2.12. The molecule has 6 heteroatoms. The van der Waals surface area contributed by atoms with Crippen molar-refractivity contribution in [2.75, 3.05) is 30.4 Å². The van der Waals surface area contributed by atoms with E-state index in [4.69, 9.17) is 11.6 Å². The lowest BCUT2D eigenvalue weighted by Gasteiger charge is -2.06. The van der Waals surface area contributed by atoms with E-state index in [9.17, 15) is 9.00 Å². The van der Waals surface area contributed by atoms with Crippen molar-refractivity contribution in [1.29, 1.82) is 0 Å². The first kappa shape index (κ1) is 14.2. The number of carbonyl (C=O) groups is 1. The number of nitrogens with one attached hydrogen (secondary N) is 2. The molecule has 0 spiro atoms. The van der Waals surface area contributed by atoms with Gasteiger partial charge < -0.3 is 10.6 Å². The van der Waals surface area contributed by atoms with Gasteiger partial charge in [0.1, 0.15) is 0 Å². The summed E-state index contributed by atoms with van der Waals surface area (Å²) in [4.78, 5) is 11.5. The summed E-state index contributed by atoms with van der Waals surface area (Å²) in [5, 5.41) is 6.27. The maximum Gasteiger partial charge on any atom is 0.238 e. The van der Waals surface area contributed by atoms with E-state index in [1.54, 1.807) is 30.5 Å². The minimum Gasteiger partial charge on any atom is -0.325 e.